The molecule has 0 aromatic carbocycles. The summed E-state index contributed by atoms with van der Waals surface area (Å²) in [5.74, 6) is -0.542. The normalized spacial score (nSPS) is 31.1. The summed E-state index contributed by atoms with van der Waals surface area (Å²) in [7, 11) is 0. The molecule has 5 atom stereocenters. The van der Waals surface area contributed by atoms with Gasteiger partial charge in [-0.3, -0.25) is 4.79 Å². The van der Waals surface area contributed by atoms with Gasteiger partial charge in [0.25, 0.3) is 0 Å². The van der Waals surface area contributed by atoms with Crippen LogP contribution in [0.15, 0.2) is 0 Å². The fourth-order valence-corrected chi connectivity index (χ4v) is 2.64. The first-order valence-electron chi connectivity index (χ1n) is 8.51. The maximum atomic E-state index is 11.8. The van der Waals surface area contributed by atoms with Gasteiger partial charge >= 0.3 is 5.97 Å². The molecule has 1 aliphatic rings. The average molecular weight is 334 g/mol. The highest BCUT2D eigenvalue weighted by Gasteiger charge is 2.45. The second-order valence-corrected chi connectivity index (χ2v) is 6.05. The molecule has 0 radical (unpaired) electrons. The second kappa shape index (κ2) is 10.9. The lowest BCUT2D eigenvalue weighted by Crippen LogP contribution is -2.59. The molecule has 1 aliphatic heterocycles. The van der Waals surface area contributed by atoms with Crippen LogP contribution in [0, 0.1) is 0 Å². The van der Waals surface area contributed by atoms with Crippen molar-refractivity contribution in [2.24, 2.45) is 0 Å². The molecule has 0 saturated carbocycles. The van der Waals surface area contributed by atoms with Gasteiger partial charge in [-0.25, -0.2) is 0 Å². The van der Waals surface area contributed by atoms with Crippen LogP contribution in [0.25, 0.3) is 0 Å². The molecule has 7 nitrogen and oxygen atoms in total. The van der Waals surface area contributed by atoms with Crippen molar-refractivity contribution >= 4 is 5.97 Å². The van der Waals surface area contributed by atoms with Crippen LogP contribution in [0.1, 0.15) is 58.3 Å². The minimum atomic E-state index is -1.57. The number of aliphatic hydroxyl groups is 4. The maximum absolute atomic E-state index is 11.8. The van der Waals surface area contributed by atoms with E-state index in [1.807, 2.05) is 0 Å². The van der Waals surface area contributed by atoms with Gasteiger partial charge in [-0.15, -0.1) is 0 Å². The third kappa shape index (κ3) is 6.73. The molecule has 0 aromatic rings. The van der Waals surface area contributed by atoms with E-state index in [1.165, 1.54) is 19.3 Å². The Bertz CT molecular complexity index is 336. The molecule has 1 rings (SSSR count). The molecule has 7 heteroatoms. The summed E-state index contributed by atoms with van der Waals surface area (Å²) < 4.78 is 9.95. The van der Waals surface area contributed by atoms with Gasteiger partial charge in [0.05, 0.1) is 6.61 Å². The predicted molar refractivity (Wildman–Crippen MR) is 82.5 cm³/mol. The van der Waals surface area contributed by atoms with Crippen molar-refractivity contribution in [3.63, 3.8) is 0 Å². The number of unbranched alkanes of at least 4 members (excludes halogenated alkanes) is 6. The second-order valence-electron chi connectivity index (χ2n) is 6.05. The van der Waals surface area contributed by atoms with Crippen LogP contribution in [0.2, 0.25) is 0 Å². The van der Waals surface area contributed by atoms with Crippen molar-refractivity contribution < 1.29 is 34.7 Å². The number of hydrogen-bond acceptors (Lipinski definition) is 7. The zero-order chi connectivity index (χ0) is 17.2. The fourth-order valence-electron chi connectivity index (χ4n) is 2.64. The lowest BCUT2D eigenvalue weighted by Gasteiger charge is -2.39. The standard InChI is InChI=1S/C16H30O7/c1-2-3-4-5-6-7-8-9-12(18)23-15-14(20)13(19)11(10-17)22-16(15)21/h11,13-17,19-21H,2-10H2,1H3/t11-,13-,14+,15-,16+/m1/s1. The summed E-state index contributed by atoms with van der Waals surface area (Å²) >= 11 is 0. The van der Waals surface area contributed by atoms with Gasteiger partial charge in [0.2, 0.25) is 0 Å². The Labute approximate surface area is 137 Å². The Hall–Kier alpha value is -0.730. The molecule has 1 fully saturated rings. The molecule has 0 aliphatic carbocycles. The summed E-state index contributed by atoms with van der Waals surface area (Å²) in [5.41, 5.74) is 0. The largest absolute Gasteiger partial charge is 0.454 e. The summed E-state index contributed by atoms with van der Waals surface area (Å²) in [6.45, 7) is 1.61. The monoisotopic (exact) mass is 334 g/mol. The summed E-state index contributed by atoms with van der Waals surface area (Å²) in [6.07, 6.45) is 0.770. The lowest BCUT2D eigenvalue weighted by atomic mass is 9.99. The van der Waals surface area contributed by atoms with Gasteiger partial charge < -0.3 is 29.9 Å². The van der Waals surface area contributed by atoms with Crippen LogP contribution < -0.4 is 0 Å². The van der Waals surface area contributed by atoms with Gasteiger partial charge in [-0.2, -0.15) is 0 Å². The smallest absolute Gasteiger partial charge is 0.306 e. The number of ether oxygens (including phenoxy) is 2. The highest BCUT2D eigenvalue weighted by molar-refractivity contribution is 5.69. The zero-order valence-electron chi connectivity index (χ0n) is 13.8. The summed E-state index contributed by atoms with van der Waals surface area (Å²) in [5, 5.41) is 38.3. The summed E-state index contributed by atoms with van der Waals surface area (Å²) in [6, 6.07) is 0. The first-order valence-corrected chi connectivity index (χ1v) is 8.51. The Balaban J connectivity index is 2.25. The number of hydrogen-bond donors (Lipinski definition) is 4. The highest BCUT2D eigenvalue weighted by Crippen LogP contribution is 2.22. The van der Waals surface area contributed by atoms with E-state index in [4.69, 9.17) is 14.6 Å². The van der Waals surface area contributed by atoms with Crippen molar-refractivity contribution in [3.8, 4) is 0 Å². The molecule has 136 valence electrons. The van der Waals surface area contributed by atoms with Crippen molar-refractivity contribution in [3.05, 3.63) is 0 Å². The zero-order valence-corrected chi connectivity index (χ0v) is 13.8. The van der Waals surface area contributed by atoms with E-state index < -0.39 is 43.3 Å². The van der Waals surface area contributed by atoms with E-state index in [9.17, 15) is 20.1 Å². The van der Waals surface area contributed by atoms with Crippen LogP contribution in [0.4, 0.5) is 0 Å². The van der Waals surface area contributed by atoms with E-state index in [2.05, 4.69) is 6.92 Å². The molecule has 0 unspecified atom stereocenters. The molecular weight excluding hydrogens is 304 g/mol. The van der Waals surface area contributed by atoms with E-state index in [0.717, 1.165) is 19.3 Å². The topological polar surface area (TPSA) is 116 Å². The fraction of sp³-hybridized carbons (Fsp3) is 0.938. The first kappa shape index (κ1) is 20.3. The van der Waals surface area contributed by atoms with Gasteiger partial charge in [0, 0.05) is 6.42 Å². The Morgan fingerprint density at radius 2 is 1.61 bits per heavy atom. The Morgan fingerprint density at radius 3 is 2.22 bits per heavy atom. The molecule has 0 bridgehead atoms. The van der Waals surface area contributed by atoms with Crippen molar-refractivity contribution in [1.29, 1.82) is 0 Å². The van der Waals surface area contributed by atoms with E-state index in [1.54, 1.807) is 0 Å². The van der Waals surface area contributed by atoms with Gasteiger partial charge in [-0.1, -0.05) is 45.4 Å². The number of rotatable bonds is 10. The Morgan fingerprint density at radius 1 is 1.00 bits per heavy atom. The highest BCUT2D eigenvalue weighted by atomic mass is 16.7. The molecule has 1 saturated heterocycles. The van der Waals surface area contributed by atoms with Crippen LogP contribution in [-0.4, -0.2) is 63.7 Å². The van der Waals surface area contributed by atoms with E-state index in [-0.39, 0.29) is 6.42 Å². The average Bonchev–Trinajstić information content (AvgIpc) is 2.54. The molecule has 1 heterocycles. The quantitative estimate of drug-likeness (QED) is 0.339. The maximum Gasteiger partial charge on any atom is 0.306 e. The number of esters is 1. The van der Waals surface area contributed by atoms with Crippen LogP contribution in [-0.2, 0) is 14.3 Å². The predicted octanol–water partition coefficient (Wildman–Crippen LogP) is 0.470. The molecule has 4 N–H and O–H groups in total. The van der Waals surface area contributed by atoms with Crippen LogP contribution >= 0.6 is 0 Å². The van der Waals surface area contributed by atoms with Crippen molar-refractivity contribution in [1.82, 2.24) is 0 Å². The minimum Gasteiger partial charge on any atom is -0.454 e. The lowest BCUT2D eigenvalue weighted by molar-refractivity contribution is -0.290. The van der Waals surface area contributed by atoms with Gasteiger partial charge in [0.15, 0.2) is 12.4 Å². The van der Waals surface area contributed by atoms with Crippen LogP contribution in [0.5, 0.6) is 0 Å². The number of aliphatic hydroxyl groups excluding tert-OH is 4. The molecule has 0 amide bonds. The molecular formula is C16H30O7. The van der Waals surface area contributed by atoms with Crippen molar-refractivity contribution in [2.75, 3.05) is 6.61 Å². The third-order valence-electron chi connectivity index (χ3n) is 4.09. The van der Waals surface area contributed by atoms with E-state index in [0.29, 0.717) is 6.42 Å². The Kier molecular flexibility index (Phi) is 9.66. The van der Waals surface area contributed by atoms with Crippen LogP contribution in [0.3, 0.4) is 0 Å². The van der Waals surface area contributed by atoms with Gasteiger partial charge in [-0.05, 0) is 6.42 Å². The summed E-state index contributed by atoms with van der Waals surface area (Å²) in [4.78, 5) is 11.8. The third-order valence-corrected chi connectivity index (χ3v) is 4.09. The SMILES string of the molecule is CCCCCCCCCC(=O)O[C@@H]1[C@@H](O)[C@H](O)[C@@H](CO)O[C@@H]1O. The molecule has 0 aromatic heterocycles. The molecule has 23 heavy (non-hydrogen) atoms. The number of carbonyl (C=O) groups excluding carboxylic acids is 1. The number of carbonyl (C=O) groups is 1. The minimum absolute atomic E-state index is 0.198. The van der Waals surface area contributed by atoms with Crippen molar-refractivity contribution in [2.45, 2.75) is 89.0 Å². The molecule has 0 spiro atoms. The first-order chi connectivity index (χ1) is 11.0. The van der Waals surface area contributed by atoms with Gasteiger partial charge in [0.1, 0.15) is 18.3 Å². The van der Waals surface area contributed by atoms with E-state index >= 15 is 0 Å².